The fraction of sp³-hybridized carbons (Fsp3) is 0.152. The number of nitrogens with zero attached hydrogens (tertiary/aromatic N) is 8. The van der Waals surface area contributed by atoms with Crippen LogP contribution in [0.25, 0.3) is 28.4 Å². The number of hydrogen-bond donors (Lipinski definition) is 1. The summed E-state index contributed by atoms with van der Waals surface area (Å²) in [6.45, 7) is 0. The van der Waals surface area contributed by atoms with Crippen LogP contribution in [-0.2, 0) is 11.2 Å². The van der Waals surface area contributed by atoms with Gasteiger partial charge in [-0.3, -0.25) is 14.8 Å². The van der Waals surface area contributed by atoms with E-state index in [9.17, 15) is 9.18 Å². The SMILES string of the molecule is O=C1Cc2c(F)cccc2C(c2ccccc2)=N[C@@H]1Nc1nnc(-c2cn(-c3cccnc3)nc2-c2cnc(C3CC3)nc2)o1. The van der Waals surface area contributed by atoms with Gasteiger partial charge in [-0.05, 0) is 31.0 Å². The molecule has 1 aliphatic heterocycles. The summed E-state index contributed by atoms with van der Waals surface area (Å²) >= 11 is 0. The third-order valence-electron chi connectivity index (χ3n) is 7.76. The van der Waals surface area contributed by atoms with Gasteiger partial charge in [-0.25, -0.2) is 19.0 Å². The second-order valence-electron chi connectivity index (χ2n) is 10.9. The average molecular weight is 598 g/mol. The quantitative estimate of drug-likeness (QED) is 0.264. The Labute approximate surface area is 256 Å². The Morgan fingerprint density at radius 3 is 2.51 bits per heavy atom. The number of pyridine rings is 1. The predicted molar refractivity (Wildman–Crippen MR) is 162 cm³/mol. The van der Waals surface area contributed by atoms with Crippen LogP contribution in [0, 0.1) is 5.82 Å². The van der Waals surface area contributed by atoms with Crippen molar-refractivity contribution in [2.75, 3.05) is 5.32 Å². The minimum atomic E-state index is -1.10. The van der Waals surface area contributed by atoms with E-state index >= 15 is 0 Å². The summed E-state index contributed by atoms with van der Waals surface area (Å²) in [5, 5.41) is 16.2. The van der Waals surface area contributed by atoms with Crippen LogP contribution in [0.2, 0.25) is 0 Å². The number of ketones is 1. The van der Waals surface area contributed by atoms with Gasteiger partial charge < -0.3 is 9.73 Å². The normalized spacial score (nSPS) is 16.2. The van der Waals surface area contributed by atoms with Crippen molar-refractivity contribution in [2.24, 2.45) is 4.99 Å². The van der Waals surface area contributed by atoms with E-state index in [0.29, 0.717) is 39.6 Å². The lowest BCUT2D eigenvalue weighted by molar-refractivity contribution is -0.119. The van der Waals surface area contributed by atoms with Gasteiger partial charge in [-0.1, -0.05) is 47.6 Å². The molecule has 2 aliphatic rings. The number of nitrogens with one attached hydrogen (secondary N) is 1. The van der Waals surface area contributed by atoms with Crippen LogP contribution in [0.1, 0.15) is 41.3 Å². The van der Waals surface area contributed by atoms with Crippen LogP contribution < -0.4 is 5.32 Å². The van der Waals surface area contributed by atoms with Gasteiger partial charge in [0.15, 0.2) is 11.9 Å². The van der Waals surface area contributed by atoms with Crippen LogP contribution >= 0.6 is 0 Å². The van der Waals surface area contributed by atoms with E-state index in [-0.39, 0.29) is 24.1 Å². The van der Waals surface area contributed by atoms with E-state index in [0.717, 1.165) is 29.9 Å². The standard InChI is InChI=1S/C33H24FN9O2/c34-26-10-4-9-23-24(26)14-27(44)31(38-28(23)19-6-2-1-3-7-19)39-33-41-40-32(45-33)25-18-43(22-8-5-13-35-17-22)42-29(25)21-15-36-30(37-16-21)20-11-12-20/h1-10,13,15-18,20,31H,11-12,14H2,(H,39,41)/t31-/m1/s1. The molecule has 45 heavy (non-hydrogen) atoms. The van der Waals surface area contributed by atoms with Crippen molar-refractivity contribution in [3.05, 3.63) is 120 Å². The molecule has 0 saturated heterocycles. The van der Waals surface area contributed by atoms with E-state index in [1.54, 1.807) is 47.8 Å². The number of rotatable bonds is 7. The molecule has 1 saturated carbocycles. The molecular weight excluding hydrogens is 573 g/mol. The molecule has 1 atom stereocenters. The lowest BCUT2D eigenvalue weighted by Gasteiger charge is -2.11. The number of aromatic nitrogens is 7. The molecule has 4 aromatic heterocycles. The van der Waals surface area contributed by atoms with Gasteiger partial charge in [0, 0.05) is 59.4 Å². The molecule has 220 valence electrons. The number of carbonyl (C=O) groups is 1. The molecule has 0 unspecified atom stereocenters. The summed E-state index contributed by atoms with van der Waals surface area (Å²) in [7, 11) is 0. The molecule has 5 heterocycles. The molecule has 0 spiro atoms. The van der Waals surface area contributed by atoms with Crippen LogP contribution in [-0.4, -0.2) is 52.6 Å². The van der Waals surface area contributed by atoms with Crippen molar-refractivity contribution >= 4 is 17.5 Å². The fourth-order valence-corrected chi connectivity index (χ4v) is 5.33. The molecule has 0 amide bonds. The Kier molecular flexibility index (Phi) is 6.51. The predicted octanol–water partition coefficient (Wildman–Crippen LogP) is 5.19. The summed E-state index contributed by atoms with van der Waals surface area (Å²) in [6, 6.07) is 17.8. The second-order valence-corrected chi connectivity index (χ2v) is 10.9. The number of anilines is 1. The molecule has 11 nitrogen and oxygen atoms in total. The van der Waals surface area contributed by atoms with Gasteiger partial charge in [0.2, 0.25) is 0 Å². The van der Waals surface area contributed by atoms with Crippen LogP contribution in [0.5, 0.6) is 0 Å². The highest BCUT2D eigenvalue weighted by Gasteiger charge is 2.30. The summed E-state index contributed by atoms with van der Waals surface area (Å²) in [5.74, 6) is 0.595. The molecule has 2 aromatic carbocycles. The highest BCUT2D eigenvalue weighted by Crippen LogP contribution is 2.38. The maximum atomic E-state index is 14.9. The number of Topliss-reactive ketones (excluding diaryl/α,β-unsaturated/α-hetero) is 1. The molecule has 1 aliphatic carbocycles. The van der Waals surface area contributed by atoms with Gasteiger partial charge >= 0.3 is 6.01 Å². The van der Waals surface area contributed by atoms with Crippen LogP contribution in [0.3, 0.4) is 0 Å². The molecule has 0 bridgehead atoms. The molecule has 12 heteroatoms. The zero-order valence-corrected chi connectivity index (χ0v) is 23.7. The largest absolute Gasteiger partial charge is 0.403 e. The van der Waals surface area contributed by atoms with E-state index < -0.39 is 12.0 Å². The summed E-state index contributed by atoms with van der Waals surface area (Å²) < 4.78 is 22.7. The summed E-state index contributed by atoms with van der Waals surface area (Å²) in [5.41, 5.74) is 4.59. The van der Waals surface area contributed by atoms with Crippen molar-refractivity contribution in [3.63, 3.8) is 0 Å². The minimum absolute atomic E-state index is 0.0219. The number of hydrogen-bond acceptors (Lipinski definition) is 10. The average Bonchev–Trinajstić information content (AvgIpc) is 3.70. The van der Waals surface area contributed by atoms with Crippen molar-refractivity contribution in [1.29, 1.82) is 0 Å². The zero-order valence-electron chi connectivity index (χ0n) is 23.7. The number of benzene rings is 2. The third-order valence-corrected chi connectivity index (χ3v) is 7.76. The first-order valence-corrected chi connectivity index (χ1v) is 14.5. The topological polar surface area (TPSA) is 137 Å². The minimum Gasteiger partial charge on any atom is -0.403 e. The Morgan fingerprint density at radius 1 is 0.889 bits per heavy atom. The molecule has 6 aromatic rings. The molecule has 0 radical (unpaired) electrons. The molecule has 1 N–H and O–H groups in total. The Hall–Kier alpha value is -5.91. The highest BCUT2D eigenvalue weighted by atomic mass is 19.1. The van der Waals surface area contributed by atoms with Gasteiger partial charge in [-0.2, -0.15) is 5.10 Å². The lowest BCUT2D eigenvalue weighted by Crippen LogP contribution is -2.29. The van der Waals surface area contributed by atoms with E-state index in [1.807, 2.05) is 42.5 Å². The highest BCUT2D eigenvalue weighted by molar-refractivity contribution is 6.16. The van der Waals surface area contributed by atoms with E-state index in [2.05, 4.69) is 30.5 Å². The Bertz CT molecular complexity index is 2050. The summed E-state index contributed by atoms with van der Waals surface area (Å²) in [4.78, 5) is 31.5. The first-order chi connectivity index (χ1) is 22.1. The monoisotopic (exact) mass is 597 g/mol. The maximum Gasteiger partial charge on any atom is 0.317 e. The first kappa shape index (κ1) is 26.7. The van der Waals surface area contributed by atoms with Crippen molar-refractivity contribution in [3.8, 4) is 28.4 Å². The first-order valence-electron chi connectivity index (χ1n) is 14.5. The van der Waals surface area contributed by atoms with Crippen molar-refractivity contribution < 1.29 is 13.6 Å². The maximum absolute atomic E-state index is 14.9. The van der Waals surface area contributed by atoms with Gasteiger partial charge in [0.05, 0.1) is 23.2 Å². The second kappa shape index (κ2) is 11.0. The third kappa shape index (κ3) is 5.16. The summed E-state index contributed by atoms with van der Waals surface area (Å²) in [6.07, 6.45) is 9.57. The van der Waals surface area contributed by atoms with Gasteiger partial charge in [0.25, 0.3) is 5.89 Å². The van der Waals surface area contributed by atoms with Crippen LogP contribution in [0.4, 0.5) is 10.4 Å². The van der Waals surface area contributed by atoms with E-state index in [4.69, 9.17) is 14.5 Å². The number of carbonyl (C=O) groups excluding carboxylic acids is 1. The van der Waals surface area contributed by atoms with Gasteiger partial charge in [-0.15, -0.1) is 5.10 Å². The van der Waals surface area contributed by atoms with Gasteiger partial charge in [0.1, 0.15) is 17.3 Å². The fourth-order valence-electron chi connectivity index (χ4n) is 5.33. The lowest BCUT2D eigenvalue weighted by atomic mass is 9.95. The number of aliphatic imine (C=N–C) groups is 1. The molecular formula is C33H24FN9O2. The smallest absolute Gasteiger partial charge is 0.317 e. The van der Waals surface area contributed by atoms with Crippen molar-refractivity contribution in [2.45, 2.75) is 31.3 Å². The number of halogens is 1. The Morgan fingerprint density at radius 2 is 1.73 bits per heavy atom. The van der Waals surface area contributed by atoms with E-state index in [1.165, 1.54) is 6.07 Å². The Balaban J connectivity index is 1.15. The molecule has 8 rings (SSSR count). The van der Waals surface area contributed by atoms with Crippen molar-refractivity contribution in [1.82, 2.24) is 34.9 Å². The van der Waals surface area contributed by atoms with Crippen LogP contribution in [0.15, 0.2) is 101 Å². The molecule has 1 fully saturated rings. The number of fused-ring (bicyclic) bond motifs is 1. The zero-order chi connectivity index (χ0) is 30.3.